The van der Waals surface area contributed by atoms with Crippen molar-refractivity contribution in [3.8, 4) is 0 Å². The van der Waals surface area contributed by atoms with Crippen LogP contribution in [0.5, 0.6) is 0 Å². The second-order valence-corrected chi connectivity index (χ2v) is 6.21. The van der Waals surface area contributed by atoms with Crippen LogP contribution in [-0.2, 0) is 6.54 Å². The maximum absolute atomic E-state index is 11.7. The van der Waals surface area contributed by atoms with E-state index in [0.29, 0.717) is 19.5 Å². The summed E-state index contributed by atoms with van der Waals surface area (Å²) >= 11 is 0. The molecule has 3 N–H and O–H groups in total. The molecule has 1 atom stereocenters. The monoisotopic (exact) mass is 307 g/mol. The molecule has 5 heteroatoms. The third-order valence-corrected chi connectivity index (χ3v) is 3.78. The van der Waals surface area contributed by atoms with Gasteiger partial charge in [-0.05, 0) is 42.5 Å². The fraction of sp³-hybridized carbons (Fsp3) is 0.588. The normalized spacial score (nSPS) is 12.1. The van der Waals surface area contributed by atoms with Crippen molar-refractivity contribution in [2.75, 3.05) is 25.5 Å². The van der Waals surface area contributed by atoms with Crippen LogP contribution >= 0.6 is 0 Å². The number of hydrogen-bond donors (Lipinski definition) is 3. The van der Waals surface area contributed by atoms with E-state index in [2.05, 4.69) is 21.6 Å². The molecule has 1 aromatic rings. The predicted molar refractivity (Wildman–Crippen MR) is 91.2 cm³/mol. The number of urea groups is 1. The number of nitrogens with zero attached hydrogens (tertiary/aromatic N) is 1. The van der Waals surface area contributed by atoms with E-state index < -0.39 is 0 Å². The number of anilines is 1. The maximum atomic E-state index is 11.7. The summed E-state index contributed by atoms with van der Waals surface area (Å²) in [4.78, 5) is 13.8. The minimum absolute atomic E-state index is 0.202. The first kappa shape index (κ1) is 18.3. The largest absolute Gasteiger partial charge is 0.393 e. The van der Waals surface area contributed by atoms with Crippen molar-refractivity contribution in [2.45, 2.75) is 39.8 Å². The lowest BCUT2D eigenvalue weighted by Crippen LogP contribution is -2.37. The van der Waals surface area contributed by atoms with Gasteiger partial charge in [-0.15, -0.1) is 0 Å². The van der Waals surface area contributed by atoms with E-state index in [1.54, 1.807) is 0 Å². The lowest BCUT2D eigenvalue weighted by Gasteiger charge is -2.16. The van der Waals surface area contributed by atoms with Crippen molar-refractivity contribution in [1.82, 2.24) is 10.6 Å². The Morgan fingerprint density at radius 3 is 2.50 bits per heavy atom. The van der Waals surface area contributed by atoms with Gasteiger partial charge in [0.2, 0.25) is 0 Å². The number of nitrogens with one attached hydrogen (secondary N) is 2. The van der Waals surface area contributed by atoms with Crippen LogP contribution in [0.3, 0.4) is 0 Å². The molecule has 0 saturated carbocycles. The van der Waals surface area contributed by atoms with E-state index in [9.17, 15) is 9.90 Å². The summed E-state index contributed by atoms with van der Waals surface area (Å²) in [6, 6.07) is 5.98. The van der Waals surface area contributed by atoms with Gasteiger partial charge in [0.25, 0.3) is 0 Å². The Kier molecular flexibility index (Phi) is 7.18. The second kappa shape index (κ2) is 8.63. The van der Waals surface area contributed by atoms with Crippen molar-refractivity contribution in [3.05, 3.63) is 29.3 Å². The molecular weight excluding hydrogens is 278 g/mol. The average Bonchev–Trinajstić information content (AvgIpc) is 2.45. The van der Waals surface area contributed by atoms with Gasteiger partial charge in [-0.25, -0.2) is 4.79 Å². The van der Waals surface area contributed by atoms with Crippen molar-refractivity contribution in [1.29, 1.82) is 0 Å². The van der Waals surface area contributed by atoms with E-state index >= 15 is 0 Å². The fourth-order valence-corrected chi connectivity index (χ4v) is 2.06. The molecule has 0 bridgehead atoms. The molecule has 1 unspecified atom stereocenters. The Hall–Kier alpha value is -1.75. The summed E-state index contributed by atoms with van der Waals surface area (Å²) in [5, 5.41) is 15.3. The van der Waals surface area contributed by atoms with Crippen LogP contribution in [0.15, 0.2) is 18.2 Å². The zero-order valence-electron chi connectivity index (χ0n) is 14.3. The third-order valence-electron chi connectivity index (χ3n) is 3.78. The summed E-state index contributed by atoms with van der Waals surface area (Å²) < 4.78 is 0. The quantitative estimate of drug-likeness (QED) is 0.724. The Balaban J connectivity index is 2.38. The molecule has 0 heterocycles. The van der Waals surface area contributed by atoms with Crippen LogP contribution in [0.25, 0.3) is 0 Å². The lowest BCUT2D eigenvalue weighted by atomic mass is 10.0. The Morgan fingerprint density at radius 2 is 1.95 bits per heavy atom. The zero-order chi connectivity index (χ0) is 16.7. The first-order valence-electron chi connectivity index (χ1n) is 7.78. The molecule has 124 valence electrons. The molecule has 0 radical (unpaired) electrons. The lowest BCUT2D eigenvalue weighted by molar-refractivity contribution is 0.116. The van der Waals surface area contributed by atoms with E-state index in [1.165, 1.54) is 0 Å². The Bertz CT molecular complexity index is 487. The highest BCUT2D eigenvalue weighted by Gasteiger charge is 2.09. The Labute approximate surface area is 133 Å². The highest BCUT2D eigenvalue weighted by molar-refractivity contribution is 5.73. The SMILES string of the molecule is Cc1cc(N(C)C)ccc1CNC(=O)NCCC(O)C(C)C. The number of rotatable bonds is 7. The molecule has 0 saturated heterocycles. The van der Waals surface area contributed by atoms with Gasteiger partial charge in [0, 0.05) is 32.9 Å². The number of aryl methyl sites for hydroxylation is 1. The molecule has 0 fully saturated rings. The number of aliphatic hydroxyl groups excluding tert-OH is 1. The van der Waals surface area contributed by atoms with Gasteiger partial charge in [0.05, 0.1) is 6.10 Å². The predicted octanol–water partition coefficient (Wildman–Crippen LogP) is 2.27. The van der Waals surface area contributed by atoms with Gasteiger partial charge in [-0.3, -0.25) is 0 Å². The van der Waals surface area contributed by atoms with E-state index in [1.807, 2.05) is 47.0 Å². The van der Waals surface area contributed by atoms with Crippen molar-refractivity contribution in [3.63, 3.8) is 0 Å². The third kappa shape index (κ3) is 5.93. The topological polar surface area (TPSA) is 64.6 Å². The van der Waals surface area contributed by atoms with Crippen LogP contribution in [0.4, 0.5) is 10.5 Å². The minimum Gasteiger partial charge on any atom is -0.393 e. The molecule has 22 heavy (non-hydrogen) atoms. The second-order valence-electron chi connectivity index (χ2n) is 6.21. The van der Waals surface area contributed by atoms with Crippen molar-refractivity contribution in [2.24, 2.45) is 5.92 Å². The molecule has 0 aliphatic heterocycles. The van der Waals surface area contributed by atoms with Gasteiger partial charge in [-0.2, -0.15) is 0 Å². The van der Waals surface area contributed by atoms with Crippen LogP contribution in [0.2, 0.25) is 0 Å². The van der Waals surface area contributed by atoms with Gasteiger partial charge in [0.15, 0.2) is 0 Å². The first-order chi connectivity index (χ1) is 10.3. The number of carbonyl (C=O) groups excluding carboxylic acids is 1. The van der Waals surface area contributed by atoms with Crippen LogP contribution in [-0.4, -0.2) is 37.9 Å². The first-order valence-corrected chi connectivity index (χ1v) is 7.78. The average molecular weight is 307 g/mol. The summed E-state index contributed by atoms with van der Waals surface area (Å²) in [5.41, 5.74) is 3.40. The standard InChI is InChI=1S/C17H29N3O2/c1-12(2)16(21)8-9-18-17(22)19-11-14-6-7-15(20(4)5)10-13(14)3/h6-7,10,12,16,21H,8-9,11H2,1-5H3,(H2,18,19,22). The number of carbonyl (C=O) groups is 1. The molecule has 0 aliphatic rings. The van der Waals surface area contributed by atoms with Crippen molar-refractivity contribution >= 4 is 11.7 Å². The van der Waals surface area contributed by atoms with E-state index in [-0.39, 0.29) is 18.1 Å². The van der Waals surface area contributed by atoms with Crippen LogP contribution in [0.1, 0.15) is 31.4 Å². The van der Waals surface area contributed by atoms with Gasteiger partial charge in [0.1, 0.15) is 0 Å². The Morgan fingerprint density at radius 1 is 1.27 bits per heavy atom. The number of hydrogen-bond acceptors (Lipinski definition) is 3. The maximum Gasteiger partial charge on any atom is 0.315 e. The van der Waals surface area contributed by atoms with Gasteiger partial charge >= 0.3 is 6.03 Å². The van der Waals surface area contributed by atoms with Crippen LogP contribution < -0.4 is 15.5 Å². The molecule has 0 aliphatic carbocycles. The highest BCUT2D eigenvalue weighted by Crippen LogP contribution is 2.17. The van der Waals surface area contributed by atoms with Gasteiger partial charge in [-0.1, -0.05) is 19.9 Å². The smallest absolute Gasteiger partial charge is 0.315 e. The zero-order valence-corrected chi connectivity index (χ0v) is 14.3. The number of benzene rings is 1. The summed E-state index contributed by atoms with van der Waals surface area (Å²) in [6.07, 6.45) is 0.197. The highest BCUT2D eigenvalue weighted by atomic mass is 16.3. The molecular formula is C17H29N3O2. The van der Waals surface area contributed by atoms with Crippen LogP contribution in [0, 0.1) is 12.8 Å². The van der Waals surface area contributed by atoms with Gasteiger partial charge < -0.3 is 20.6 Å². The summed E-state index contributed by atoms with van der Waals surface area (Å²) in [6.45, 7) is 6.94. The van der Waals surface area contributed by atoms with E-state index in [4.69, 9.17) is 0 Å². The molecule has 2 amide bonds. The fourth-order valence-electron chi connectivity index (χ4n) is 2.06. The molecule has 0 spiro atoms. The molecule has 1 aromatic carbocycles. The number of amides is 2. The summed E-state index contributed by atoms with van der Waals surface area (Å²) in [7, 11) is 4.01. The molecule has 0 aromatic heterocycles. The van der Waals surface area contributed by atoms with E-state index in [0.717, 1.165) is 16.8 Å². The van der Waals surface area contributed by atoms with Crippen molar-refractivity contribution < 1.29 is 9.90 Å². The number of aliphatic hydroxyl groups is 1. The molecule has 1 rings (SSSR count). The minimum atomic E-state index is -0.374. The molecule has 5 nitrogen and oxygen atoms in total. The summed E-state index contributed by atoms with van der Waals surface area (Å²) in [5.74, 6) is 0.211.